The van der Waals surface area contributed by atoms with Crippen molar-refractivity contribution in [1.82, 2.24) is 10.3 Å². The van der Waals surface area contributed by atoms with Crippen molar-refractivity contribution in [2.24, 2.45) is 0 Å². The maximum Gasteiger partial charge on any atom is 0.408 e. The van der Waals surface area contributed by atoms with Gasteiger partial charge in [-0.05, 0) is 47.2 Å². The van der Waals surface area contributed by atoms with E-state index in [1.54, 1.807) is 12.4 Å². The van der Waals surface area contributed by atoms with Gasteiger partial charge in [0.1, 0.15) is 12.4 Å². The molecule has 0 aliphatic heterocycles. The molecule has 44 heavy (non-hydrogen) atoms. The van der Waals surface area contributed by atoms with Gasteiger partial charge in [0.15, 0.2) is 6.10 Å². The normalized spacial score (nSPS) is 13.7. The lowest BCUT2D eigenvalue weighted by Gasteiger charge is -2.29. The fraction of sp³-hybridized carbons (Fsp3) is 0.265. The summed E-state index contributed by atoms with van der Waals surface area (Å²) >= 11 is 0. The third-order valence-electron chi connectivity index (χ3n) is 6.81. The largest absolute Gasteiger partial charge is 0.464 e. The Morgan fingerprint density at radius 3 is 1.91 bits per heavy atom. The van der Waals surface area contributed by atoms with Gasteiger partial charge in [-0.15, -0.1) is 0 Å². The zero-order valence-electron chi connectivity index (χ0n) is 24.6. The van der Waals surface area contributed by atoms with Crippen molar-refractivity contribution in [2.75, 3.05) is 13.7 Å². The summed E-state index contributed by atoms with van der Waals surface area (Å²) in [7, 11) is -2.95. The molecule has 0 saturated carbocycles. The highest BCUT2D eigenvalue weighted by Crippen LogP contribution is 2.54. The van der Waals surface area contributed by atoms with Crippen molar-refractivity contribution in [1.29, 1.82) is 0 Å². The Kier molecular flexibility index (Phi) is 12.7. The number of alkyl carbamates (subject to hydrolysis) is 1. The van der Waals surface area contributed by atoms with Gasteiger partial charge in [-0.25, -0.2) is 9.59 Å². The first-order chi connectivity index (χ1) is 21.4. The molecule has 4 rings (SSSR count). The Bertz CT molecular complexity index is 1480. The summed E-state index contributed by atoms with van der Waals surface area (Å²) in [6.07, 6.45) is 2.85. The van der Waals surface area contributed by atoms with Crippen molar-refractivity contribution in [3.8, 4) is 0 Å². The molecule has 10 heteroatoms. The van der Waals surface area contributed by atoms with Gasteiger partial charge in [-0.3, -0.25) is 14.1 Å². The molecule has 0 aliphatic carbocycles. The molecule has 9 nitrogen and oxygen atoms in total. The molecule has 3 atom stereocenters. The van der Waals surface area contributed by atoms with Gasteiger partial charge in [-0.2, -0.15) is 0 Å². The molecule has 230 valence electrons. The van der Waals surface area contributed by atoms with Crippen LogP contribution in [0, 0.1) is 0 Å². The molecule has 0 saturated heterocycles. The first-order valence-electron chi connectivity index (χ1n) is 14.4. The summed E-state index contributed by atoms with van der Waals surface area (Å²) in [6, 6.07) is 31.4. The molecule has 0 fully saturated rings. The van der Waals surface area contributed by atoms with E-state index in [0.717, 1.165) is 22.3 Å². The highest BCUT2D eigenvalue weighted by atomic mass is 31.2. The number of pyridine rings is 1. The number of aryl methyl sites for hydroxylation is 1. The SMILES string of the molecule is COP(=O)(O[C@@H](Cc1ccccc1)C(=O)OCCCc1ccncc1)[C@H](Cc1ccccc1)NC(=O)OCc1ccccc1. The zero-order valence-corrected chi connectivity index (χ0v) is 25.5. The summed E-state index contributed by atoms with van der Waals surface area (Å²) in [5.74, 6) is -1.83. The van der Waals surface area contributed by atoms with E-state index in [1.807, 2.05) is 103 Å². The maximum absolute atomic E-state index is 14.4. The smallest absolute Gasteiger partial charge is 0.408 e. The Morgan fingerprint density at radius 1 is 0.750 bits per heavy atom. The number of carbonyl (C=O) groups is 2. The first-order valence-corrected chi connectivity index (χ1v) is 16.0. The number of ether oxygens (including phenoxy) is 2. The average molecular weight is 617 g/mol. The molecule has 0 aliphatic rings. The molecule has 1 amide bonds. The highest BCUT2D eigenvalue weighted by molar-refractivity contribution is 7.54. The monoisotopic (exact) mass is 616 g/mol. The lowest BCUT2D eigenvalue weighted by Crippen LogP contribution is -2.39. The molecule has 1 aromatic heterocycles. The second kappa shape index (κ2) is 17.1. The Labute approximate surface area is 258 Å². The number of esters is 1. The molecule has 0 radical (unpaired) electrons. The van der Waals surface area contributed by atoms with Crippen LogP contribution in [-0.4, -0.2) is 42.7 Å². The maximum atomic E-state index is 14.4. The van der Waals surface area contributed by atoms with Gasteiger partial charge in [0.05, 0.1) is 6.61 Å². The summed E-state index contributed by atoms with van der Waals surface area (Å²) in [5, 5.41) is 2.67. The number of benzene rings is 3. The second-order valence-corrected chi connectivity index (χ2v) is 12.3. The van der Waals surface area contributed by atoms with Gasteiger partial charge in [-0.1, -0.05) is 91.0 Å². The Hall–Kier alpha value is -4.30. The van der Waals surface area contributed by atoms with Crippen LogP contribution in [-0.2, 0) is 53.8 Å². The number of aromatic nitrogens is 1. The van der Waals surface area contributed by atoms with Gasteiger partial charge in [0.2, 0.25) is 0 Å². The van der Waals surface area contributed by atoms with E-state index in [2.05, 4.69) is 10.3 Å². The topological polar surface area (TPSA) is 113 Å². The number of nitrogens with one attached hydrogen (secondary N) is 1. The van der Waals surface area contributed by atoms with Crippen LogP contribution >= 0.6 is 7.60 Å². The number of nitrogens with zero attached hydrogens (tertiary/aromatic N) is 1. The zero-order chi connectivity index (χ0) is 31.0. The van der Waals surface area contributed by atoms with Gasteiger partial charge in [0, 0.05) is 32.3 Å². The van der Waals surface area contributed by atoms with Gasteiger partial charge >= 0.3 is 19.7 Å². The van der Waals surface area contributed by atoms with E-state index in [9.17, 15) is 14.2 Å². The molecule has 1 unspecified atom stereocenters. The van der Waals surface area contributed by atoms with E-state index < -0.39 is 31.5 Å². The summed E-state index contributed by atoms with van der Waals surface area (Å²) < 4.78 is 36.9. The van der Waals surface area contributed by atoms with Gasteiger partial charge in [0.25, 0.3) is 0 Å². The number of amides is 1. The van der Waals surface area contributed by atoms with Crippen LogP contribution in [0.3, 0.4) is 0 Å². The third-order valence-corrected chi connectivity index (χ3v) is 8.94. The quantitative estimate of drug-likeness (QED) is 0.0860. The minimum absolute atomic E-state index is 0.0192. The fourth-order valence-corrected chi connectivity index (χ4v) is 6.19. The summed E-state index contributed by atoms with van der Waals surface area (Å²) in [6.45, 7) is 0.163. The highest BCUT2D eigenvalue weighted by Gasteiger charge is 2.41. The van der Waals surface area contributed by atoms with Crippen LogP contribution in [0.5, 0.6) is 0 Å². The summed E-state index contributed by atoms with van der Waals surface area (Å²) in [4.78, 5) is 30.3. The molecule has 3 aromatic carbocycles. The van der Waals surface area contributed by atoms with E-state index in [4.69, 9.17) is 18.5 Å². The average Bonchev–Trinajstić information content (AvgIpc) is 3.07. The fourth-order valence-electron chi connectivity index (χ4n) is 4.48. The van der Waals surface area contributed by atoms with Crippen LogP contribution in [0.4, 0.5) is 4.79 Å². The molecular weight excluding hydrogens is 579 g/mol. The van der Waals surface area contributed by atoms with Crippen molar-refractivity contribution in [2.45, 2.75) is 44.2 Å². The standard InChI is InChI=1S/C34H37N2O7P/c1-40-44(39,32(25-29-14-7-3-8-15-29)36-34(38)42-26-30-16-9-4-10-17-30)43-31(24-28-12-5-2-6-13-28)33(37)41-23-11-18-27-19-21-35-22-20-27/h2-10,12-17,19-22,31-32H,11,18,23-26H2,1H3,(H,36,38)/t31-,32+,44?/m0/s1. The minimum Gasteiger partial charge on any atom is -0.464 e. The van der Waals surface area contributed by atoms with Crippen LogP contribution in [0.15, 0.2) is 116 Å². The number of rotatable bonds is 16. The Balaban J connectivity index is 1.50. The third kappa shape index (κ3) is 10.5. The van der Waals surface area contributed by atoms with Crippen LogP contribution in [0.25, 0.3) is 0 Å². The lowest BCUT2D eigenvalue weighted by atomic mass is 10.1. The predicted octanol–water partition coefficient (Wildman–Crippen LogP) is 6.52. The van der Waals surface area contributed by atoms with E-state index in [1.165, 1.54) is 7.11 Å². The van der Waals surface area contributed by atoms with E-state index in [0.29, 0.717) is 12.8 Å². The number of carbonyl (C=O) groups excluding carboxylic acids is 2. The summed E-state index contributed by atoms with van der Waals surface area (Å²) in [5.41, 5.74) is 3.43. The number of hydrogen-bond acceptors (Lipinski definition) is 8. The van der Waals surface area contributed by atoms with Crippen molar-refractivity contribution >= 4 is 19.7 Å². The Morgan fingerprint density at radius 2 is 1.32 bits per heavy atom. The van der Waals surface area contributed by atoms with E-state index in [-0.39, 0.29) is 26.1 Å². The first kappa shape index (κ1) is 32.6. The molecule has 1 heterocycles. The lowest BCUT2D eigenvalue weighted by molar-refractivity contribution is -0.152. The number of hydrogen-bond donors (Lipinski definition) is 1. The van der Waals surface area contributed by atoms with Crippen LogP contribution in [0.2, 0.25) is 0 Å². The molecular formula is C34H37N2O7P. The molecule has 0 spiro atoms. The van der Waals surface area contributed by atoms with Crippen LogP contribution in [0.1, 0.15) is 28.7 Å². The van der Waals surface area contributed by atoms with E-state index >= 15 is 0 Å². The molecule has 4 aromatic rings. The van der Waals surface area contributed by atoms with Crippen molar-refractivity contribution < 1.29 is 32.7 Å². The van der Waals surface area contributed by atoms with Crippen LogP contribution < -0.4 is 5.32 Å². The molecule has 0 bridgehead atoms. The van der Waals surface area contributed by atoms with Gasteiger partial charge < -0.3 is 19.3 Å². The predicted molar refractivity (Wildman–Crippen MR) is 167 cm³/mol. The van der Waals surface area contributed by atoms with Crippen molar-refractivity contribution in [3.63, 3.8) is 0 Å². The van der Waals surface area contributed by atoms with Crippen molar-refractivity contribution in [3.05, 3.63) is 138 Å². The molecule has 1 N–H and O–H groups in total. The minimum atomic E-state index is -4.18. The second-order valence-electron chi connectivity index (χ2n) is 10.0.